The number of carbonyl (C=O) groups excluding carboxylic acids is 3. The zero-order valence-electron chi connectivity index (χ0n) is 15.7. The molecular weight excluding hydrogens is 356 g/mol. The molecule has 3 atom stereocenters. The van der Waals surface area contributed by atoms with Crippen LogP contribution in [0.1, 0.15) is 33.1 Å². The second kappa shape index (κ2) is 13.4. The van der Waals surface area contributed by atoms with Crippen LogP contribution in [0.25, 0.3) is 0 Å². The molecule has 150 valence electrons. The minimum Gasteiger partial charge on any atom is -0.370 e. The van der Waals surface area contributed by atoms with E-state index in [9.17, 15) is 14.4 Å². The zero-order valence-corrected chi connectivity index (χ0v) is 16.6. The molecule has 0 radical (unpaired) electrons. The van der Waals surface area contributed by atoms with Crippen LogP contribution < -0.4 is 27.8 Å². The normalized spacial score (nSPS) is 14.2. The first-order valence-electron chi connectivity index (χ1n) is 8.58. The van der Waals surface area contributed by atoms with Crippen molar-refractivity contribution in [3.63, 3.8) is 0 Å². The largest absolute Gasteiger partial charge is 0.370 e. The van der Waals surface area contributed by atoms with E-state index in [1.54, 1.807) is 11.8 Å². The van der Waals surface area contributed by atoms with Gasteiger partial charge in [-0.1, -0.05) is 13.8 Å². The molecule has 0 saturated heterocycles. The highest BCUT2D eigenvalue weighted by atomic mass is 32.2. The van der Waals surface area contributed by atoms with Crippen molar-refractivity contribution >= 4 is 35.8 Å². The lowest BCUT2D eigenvalue weighted by atomic mass is 10.0. The molecule has 0 spiro atoms. The first-order chi connectivity index (χ1) is 12.2. The molecule has 0 aliphatic rings. The van der Waals surface area contributed by atoms with E-state index in [0.717, 1.165) is 5.75 Å². The van der Waals surface area contributed by atoms with Crippen molar-refractivity contribution in [3.05, 3.63) is 0 Å². The van der Waals surface area contributed by atoms with Crippen LogP contribution >= 0.6 is 11.8 Å². The van der Waals surface area contributed by atoms with Crippen LogP contribution in [0, 0.1) is 5.92 Å². The SMILES string of the molecule is CSCC[C@@H](C=O)NC(=O)[C@H](CCCN=C(N)N)NC(=O)[C@@H](N)C(C)C. The molecule has 0 aliphatic heterocycles. The van der Waals surface area contributed by atoms with Gasteiger partial charge in [0.25, 0.3) is 0 Å². The Morgan fingerprint density at radius 2 is 1.81 bits per heavy atom. The van der Waals surface area contributed by atoms with Gasteiger partial charge in [-0.25, -0.2) is 0 Å². The van der Waals surface area contributed by atoms with Crippen LogP contribution in [0.2, 0.25) is 0 Å². The molecule has 0 aromatic heterocycles. The third-order valence-electron chi connectivity index (χ3n) is 3.72. The summed E-state index contributed by atoms with van der Waals surface area (Å²) in [5, 5.41) is 5.33. The van der Waals surface area contributed by atoms with Crippen molar-refractivity contribution in [2.45, 2.75) is 51.2 Å². The molecule has 0 bridgehead atoms. The van der Waals surface area contributed by atoms with Crippen LogP contribution in [0.15, 0.2) is 4.99 Å². The van der Waals surface area contributed by atoms with Crippen LogP contribution in [0.4, 0.5) is 0 Å². The number of nitrogens with one attached hydrogen (secondary N) is 2. The number of aldehydes is 1. The summed E-state index contributed by atoms with van der Waals surface area (Å²) in [6.07, 6.45) is 3.96. The van der Waals surface area contributed by atoms with Crippen molar-refractivity contribution in [1.82, 2.24) is 10.6 Å². The number of thioether (sulfide) groups is 1. The topological polar surface area (TPSA) is 166 Å². The molecule has 9 nitrogen and oxygen atoms in total. The van der Waals surface area contributed by atoms with E-state index < -0.39 is 29.9 Å². The van der Waals surface area contributed by atoms with Gasteiger partial charge >= 0.3 is 0 Å². The number of hydrogen-bond acceptors (Lipinski definition) is 6. The van der Waals surface area contributed by atoms with E-state index in [1.807, 2.05) is 20.1 Å². The molecule has 2 amide bonds. The Morgan fingerprint density at radius 3 is 2.31 bits per heavy atom. The first-order valence-corrected chi connectivity index (χ1v) is 9.98. The summed E-state index contributed by atoms with van der Waals surface area (Å²) in [7, 11) is 0. The van der Waals surface area contributed by atoms with Gasteiger partial charge < -0.3 is 32.6 Å². The summed E-state index contributed by atoms with van der Waals surface area (Å²) in [5.74, 6) is -0.186. The number of hydrogen-bond donors (Lipinski definition) is 5. The quantitative estimate of drug-likeness (QED) is 0.116. The number of rotatable bonds is 13. The molecule has 0 unspecified atom stereocenters. The Hall–Kier alpha value is -1.81. The second-order valence-electron chi connectivity index (χ2n) is 6.31. The van der Waals surface area contributed by atoms with Gasteiger partial charge in [0.05, 0.1) is 12.1 Å². The highest BCUT2D eigenvalue weighted by Gasteiger charge is 2.26. The number of nitrogens with zero attached hydrogens (tertiary/aromatic N) is 1. The molecule has 8 N–H and O–H groups in total. The van der Waals surface area contributed by atoms with E-state index in [-0.39, 0.29) is 11.9 Å². The fraction of sp³-hybridized carbons (Fsp3) is 0.750. The highest BCUT2D eigenvalue weighted by Crippen LogP contribution is 2.05. The van der Waals surface area contributed by atoms with Gasteiger partial charge in [-0.05, 0) is 37.2 Å². The van der Waals surface area contributed by atoms with Crippen molar-refractivity contribution in [2.24, 2.45) is 28.1 Å². The Labute approximate surface area is 159 Å². The minimum absolute atomic E-state index is 0.0325. The Kier molecular flexibility index (Phi) is 12.5. The average molecular weight is 389 g/mol. The van der Waals surface area contributed by atoms with E-state index in [4.69, 9.17) is 17.2 Å². The van der Waals surface area contributed by atoms with Gasteiger partial charge in [0, 0.05) is 6.54 Å². The maximum atomic E-state index is 12.5. The summed E-state index contributed by atoms with van der Waals surface area (Å²) in [6.45, 7) is 3.98. The molecule has 0 aromatic carbocycles. The number of amides is 2. The number of carbonyl (C=O) groups is 3. The van der Waals surface area contributed by atoms with Crippen molar-refractivity contribution in [2.75, 3.05) is 18.6 Å². The third kappa shape index (κ3) is 10.2. The molecule has 0 saturated carbocycles. The molecule has 0 heterocycles. The lowest BCUT2D eigenvalue weighted by Gasteiger charge is -2.23. The maximum Gasteiger partial charge on any atom is 0.243 e. The summed E-state index contributed by atoms with van der Waals surface area (Å²) in [5.41, 5.74) is 16.4. The summed E-state index contributed by atoms with van der Waals surface area (Å²) in [4.78, 5) is 39.7. The number of aliphatic imine (C=N–C) groups is 1. The smallest absolute Gasteiger partial charge is 0.243 e. The molecule has 0 aliphatic carbocycles. The standard InChI is InChI=1S/C16H32N6O3S/c1-10(2)13(17)15(25)22-12(5-4-7-20-16(18)19)14(24)21-11(9-23)6-8-26-3/h9-13H,4-8,17H2,1-3H3,(H,21,24)(H,22,25)(H4,18,19,20)/t11-,12-,13-/m0/s1. The minimum atomic E-state index is -0.807. The molecule has 26 heavy (non-hydrogen) atoms. The Morgan fingerprint density at radius 1 is 1.15 bits per heavy atom. The van der Waals surface area contributed by atoms with Crippen molar-refractivity contribution < 1.29 is 14.4 Å². The predicted molar refractivity (Wildman–Crippen MR) is 106 cm³/mol. The average Bonchev–Trinajstić information content (AvgIpc) is 2.59. The van der Waals surface area contributed by atoms with Crippen molar-refractivity contribution in [1.29, 1.82) is 0 Å². The van der Waals surface area contributed by atoms with Gasteiger partial charge in [0.2, 0.25) is 11.8 Å². The van der Waals surface area contributed by atoms with Crippen LogP contribution in [-0.4, -0.2) is 60.7 Å². The third-order valence-corrected chi connectivity index (χ3v) is 4.37. The van der Waals surface area contributed by atoms with Crippen LogP contribution in [-0.2, 0) is 14.4 Å². The molecule has 0 fully saturated rings. The first kappa shape index (κ1) is 24.2. The van der Waals surface area contributed by atoms with Gasteiger partial charge in [0.1, 0.15) is 12.3 Å². The van der Waals surface area contributed by atoms with Gasteiger partial charge in [-0.15, -0.1) is 0 Å². The molecular formula is C16H32N6O3S. The highest BCUT2D eigenvalue weighted by molar-refractivity contribution is 7.98. The fourth-order valence-corrected chi connectivity index (χ4v) is 2.54. The molecule has 0 rings (SSSR count). The van der Waals surface area contributed by atoms with E-state index in [0.29, 0.717) is 32.1 Å². The summed E-state index contributed by atoms with van der Waals surface area (Å²) < 4.78 is 0. The predicted octanol–water partition coefficient (Wildman–Crippen LogP) is -1.06. The summed E-state index contributed by atoms with van der Waals surface area (Å²) in [6, 6.07) is -2.12. The van der Waals surface area contributed by atoms with Gasteiger partial charge in [-0.3, -0.25) is 14.6 Å². The van der Waals surface area contributed by atoms with Gasteiger partial charge in [-0.2, -0.15) is 11.8 Å². The van der Waals surface area contributed by atoms with Crippen LogP contribution in [0.5, 0.6) is 0 Å². The second-order valence-corrected chi connectivity index (χ2v) is 7.30. The van der Waals surface area contributed by atoms with Gasteiger partial charge in [0.15, 0.2) is 5.96 Å². The number of guanidine groups is 1. The van der Waals surface area contributed by atoms with Crippen molar-refractivity contribution in [3.8, 4) is 0 Å². The monoisotopic (exact) mass is 388 g/mol. The van der Waals surface area contributed by atoms with Crippen LogP contribution in [0.3, 0.4) is 0 Å². The van der Waals surface area contributed by atoms with E-state index in [1.165, 1.54) is 0 Å². The Bertz CT molecular complexity index is 483. The van der Waals surface area contributed by atoms with E-state index >= 15 is 0 Å². The number of nitrogens with two attached hydrogens (primary N) is 3. The lowest BCUT2D eigenvalue weighted by molar-refractivity contribution is -0.131. The summed E-state index contributed by atoms with van der Waals surface area (Å²) >= 11 is 1.58. The fourth-order valence-electron chi connectivity index (χ4n) is 2.05. The Balaban J connectivity index is 4.92. The zero-order chi connectivity index (χ0) is 20.1. The molecule has 10 heteroatoms. The van der Waals surface area contributed by atoms with E-state index in [2.05, 4.69) is 15.6 Å². The lowest BCUT2D eigenvalue weighted by Crippen LogP contribution is -2.54. The maximum absolute atomic E-state index is 12.5. The molecule has 0 aromatic rings.